The number of carbonyl (C=O) groups excluding carboxylic acids is 1. The lowest BCUT2D eigenvalue weighted by Crippen LogP contribution is -2.29. The summed E-state index contributed by atoms with van der Waals surface area (Å²) < 4.78 is 1.77. The molecule has 5 heteroatoms. The molecule has 1 aromatic carbocycles. The number of nitrogens with zero attached hydrogens (tertiary/aromatic N) is 3. The molecular weight excluding hydrogens is 300 g/mol. The third kappa shape index (κ3) is 2.29. The molecule has 0 spiro atoms. The zero-order valence-corrected chi connectivity index (χ0v) is 13.9. The normalized spacial score (nSPS) is 14.8. The highest BCUT2D eigenvalue weighted by molar-refractivity contribution is 6.04. The highest BCUT2D eigenvalue weighted by atomic mass is 16.2. The van der Waals surface area contributed by atoms with Crippen LogP contribution < -0.4 is 5.73 Å². The summed E-state index contributed by atoms with van der Waals surface area (Å²) in [5.41, 5.74) is 11.3. The quantitative estimate of drug-likeness (QED) is 0.700. The van der Waals surface area contributed by atoms with Gasteiger partial charge in [0, 0.05) is 42.3 Å². The third-order valence-electron chi connectivity index (χ3n) is 4.77. The van der Waals surface area contributed by atoms with Gasteiger partial charge in [0.05, 0.1) is 11.1 Å². The minimum absolute atomic E-state index is 0.0128. The number of nitrogens with two attached hydrogens (primary N) is 1. The Balaban J connectivity index is 1.86. The number of aryl methyl sites for hydroxylation is 1. The second-order valence-electron chi connectivity index (χ2n) is 6.56. The molecule has 0 amide bonds. The number of rotatable bonds is 1. The molecular formula is C19H20N4O. The van der Waals surface area contributed by atoms with Crippen molar-refractivity contribution in [3.8, 4) is 0 Å². The molecule has 0 fully saturated rings. The van der Waals surface area contributed by atoms with Crippen molar-refractivity contribution >= 4 is 22.5 Å². The topological polar surface area (TPSA) is 64.1 Å². The summed E-state index contributed by atoms with van der Waals surface area (Å²) in [6, 6.07) is 7.64. The number of fused-ring (bicyclic) bond motifs is 2. The number of benzene rings is 1. The zero-order valence-electron chi connectivity index (χ0n) is 13.9. The Morgan fingerprint density at radius 1 is 1.25 bits per heavy atom. The van der Waals surface area contributed by atoms with Gasteiger partial charge in [0.1, 0.15) is 0 Å². The lowest BCUT2D eigenvalue weighted by atomic mass is 9.97. The second kappa shape index (κ2) is 5.46. The minimum atomic E-state index is -0.0128. The molecule has 3 aromatic rings. The van der Waals surface area contributed by atoms with Crippen LogP contribution in [0.1, 0.15) is 27.2 Å². The largest absolute Gasteiger partial charge is 0.399 e. The average molecular weight is 320 g/mol. The van der Waals surface area contributed by atoms with Crippen LogP contribution >= 0.6 is 0 Å². The lowest BCUT2D eigenvalue weighted by Gasteiger charge is -2.26. The first-order valence-corrected chi connectivity index (χ1v) is 8.11. The number of hydrogen-bond donors (Lipinski definition) is 1. The number of anilines is 1. The van der Waals surface area contributed by atoms with E-state index in [9.17, 15) is 4.79 Å². The Kier molecular flexibility index (Phi) is 3.39. The molecule has 0 saturated heterocycles. The number of nitrogen functional groups attached to an aromatic ring is 1. The van der Waals surface area contributed by atoms with Crippen molar-refractivity contribution in [3.05, 3.63) is 59.0 Å². The van der Waals surface area contributed by atoms with Crippen LogP contribution in [-0.2, 0) is 13.0 Å². The highest BCUT2D eigenvalue weighted by Gasteiger charge is 2.23. The van der Waals surface area contributed by atoms with Gasteiger partial charge in [-0.3, -0.25) is 14.3 Å². The molecule has 2 N–H and O–H groups in total. The number of carbonyl (C=O) groups is 1. The van der Waals surface area contributed by atoms with Crippen molar-refractivity contribution in [1.82, 2.24) is 14.5 Å². The van der Waals surface area contributed by atoms with E-state index < -0.39 is 0 Å². The van der Waals surface area contributed by atoms with Gasteiger partial charge in [-0.25, -0.2) is 0 Å². The predicted octanol–water partition coefficient (Wildman–Crippen LogP) is 2.60. The van der Waals surface area contributed by atoms with Gasteiger partial charge in [-0.2, -0.15) is 0 Å². The summed E-state index contributed by atoms with van der Waals surface area (Å²) in [4.78, 5) is 19.8. The average Bonchev–Trinajstić information content (AvgIpc) is 2.88. The fourth-order valence-corrected chi connectivity index (χ4v) is 3.58. The van der Waals surface area contributed by atoms with Gasteiger partial charge in [-0.05, 0) is 55.8 Å². The maximum atomic E-state index is 13.3. The summed E-state index contributed by atoms with van der Waals surface area (Å²) >= 11 is 0. The van der Waals surface area contributed by atoms with Gasteiger partial charge in [0.15, 0.2) is 0 Å². The van der Waals surface area contributed by atoms with Crippen molar-refractivity contribution in [3.63, 3.8) is 0 Å². The monoisotopic (exact) mass is 320 g/mol. The van der Waals surface area contributed by atoms with E-state index in [0.717, 1.165) is 47.2 Å². The van der Waals surface area contributed by atoms with Gasteiger partial charge >= 0.3 is 0 Å². The van der Waals surface area contributed by atoms with Crippen LogP contribution in [-0.4, -0.2) is 34.0 Å². The lowest BCUT2D eigenvalue weighted by molar-refractivity contribution is 0.0961. The van der Waals surface area contributed by atoms with E-state index in [-0.39, 0.29) is 5.91 Å². The van der Waals surface area contributed by atoms with Gasteiger partial charge in [0.25, 0.3) is 5.91 Å². The molecule has 2 aromatic heterocycles. The molecule has 1 aliphatic rings. The number of pyridine rings is 1. The smallest absolute Gasteiger partial charge is 0.264 e. The number of hydrogen-bond acceptors (Lipinski definition) is 4. The Bertz CT molecular complexity index is 957. The summed E-state index contributed by atoms with van der Waals surface area (Å²) in [5, 5.41) is 0.985. The van der Waals surface area contributed by atoms with Crippen LogP contribution in [0.3, 0.4) is 0 Å². The van der Waals surface area contributed by atoms with E-state index in [1.165, 1.54) is 0 Å². The standard InChI is InChI=1S/C19H20N4O/c1-12-7-13-8-15(20)3-4-18(13)23(12)19(24)17-10-21-9-14-11-22(2)6-5-16(14)17/h3-4,7-10H,5-6,11,20H2,1-2H3. The molecule has 0 unspecified atom stereocenters. The van der Waals surface area contributed by atoms with E-state index in [0.29, 0.717) is 11.3 Å². The van der Waals surface area contributed by atoms with Crippen molar-refractivity contribution in [2.24, 2.45) is 0 Å². The molecule has 5 nitrogen and oxygen atoms in total. The van der Waals surface area contributed by atoms with Gasteiger partial charge in [0.2, 0.25) is 0 Å². The maximum absolute atomic E-state index is 13.3. The zero-order chi connectivity index (χ0) is 16.8. The summed E-state index contributed by atoms with van der Waals surface area (Å²) in [6.07, 6.45) is 4.46. The molecule has 24 heavy (non-hydrogen) atoms. The Morgan fingerprint density at radius 3 is 2.92 bits per heavy atom. The van der Waals surface area contributed by atoms with Crippen LogP contribution in [0, 0.1) is 6.92 Å². The van der Waals surface area contributed by atoms with Crippen LogP contribution in [0.25, 0.3) is 10.9 Å². The van der Waals surface area contributed by atoms with E-state index in [1.807, 2.05) is 37.4 Å². The predicted molar refractivity (Wildman–Crippen MR) is 95.1 cm³/mol. The Labute approximate surface area is 140 Å². The maximum Gasteiger partial charge on any atom is 0.264 e. The third-order valence-corrected chi connectivity index (χ3v) is 4.77. The fourth-order valence-electron chi connectivity index (χ4n) is 3.58. The Hall–Kier alpha value is -2.66. The Morgan fingerprint density at radius 2 is 2.08 bits per heavy atom. The molecule has 0 radical (unpaired) electrons. The van der Waals surface area contributed by atoms with E-state index in [4.69, 9.17) is 5.73 Å². The van der Waals surface area contributed by atoms with Gasteiger partial charge in [-0.15, -0.1) is 0 Å². The van der Waals surface area contributed by atoms with Crippen molar-refractivity contribution < 1.29 is 4.79 Å². The summed E-state index contributed by atoms with van der Waals surface area (Å²) in [7, 11) is 2.09. The van der Waals surface area contributed by atoms with Gasteiger partial charge in [-0.1, -0.05) is 0 Å². The molecule has 0 atom stereocenters. The van der Waals surface area contributed by atoms with E-state index >= 15 is 0 Å². The first-order valence-electron chi connectivity index (χ1n) is 8.11. The summed E-state index contributed by atoms with van der Waals surface area (Å²) in [6.45, 7) is 3.75. The molecule has 3 heterocycles. The number of likely N-dealkylation sites (N-methyl/N-ethyl adjacent to an activating group) is 1. The van der Waals surface area contributed by atoms with E-state index in [1.54, 1.807) is 10.8 Å². The molecule has 0 aliphatic carbocycles. The van der Waals surface area contributed by atoms with Crippen LogP contribution in [0.5, 0.6) is 0 Å². The summed E-state index contributed by atoms with van der Waals surface area (Å²) in [5.74, 6) is -0.0128. The first-order chi connectivity index (χ1) is 11.5. The van der Waals surface area contributed by atoms with E-state index in [2.05, 4.69) is 16.9 Å². The molecule has 0 bridgehead atoms. The minimum Gasteiger partial charge on any atom is -0.399 e. The van der Waals surface area contributed by atoms with Crippen molar-refractivity contribution in [2.75, 3.05) is 19.3 Å². The first kappa shape index (κ1) is 14.9. The fraction of sp³-hybridized carbons (Fsp3) is 0.263. The SMILES string of the molecule is Cc1cc2cc(N)ccc2n1C(=O)c1cncc2c1CCN(C)C2. The highest BCUT2D eigenvalue weighted by Crippen LogP contribution is 2.26. The molecule has 122 valence electrons. The molecule has 1 aliphatic heterocycles. The van der Waals surface area contributed by atoms with Gasteiger partial charge < -0.3 is 10.6 Å². The molecule has 0 saturated carbocycles. The van der Waals surface area contributed by atoms with Crippen LogP contribution in [0.15, 0.2) is 36.7 Å². The van der Waals surface area contributed by atoms with Crippen molar-refractivity contribution in [2.45, 2.75) is 19.9 Å². The van der Waals surface area contributed by atoms with Crippen LogP contribution in [0.2, 0.25) is 0 Å². The second-order valence-corrected chi connectivity index (χ2v) is 6.56. The molecule has 4 rings (SSSR count). The van der Waals surface area contributed by atoms with Crippen LogP contribution in [0.4, 0.5) is 5.69 Å². The number of aromatic nitrogens is 2. The van der Waals surface area contributed by atoms with Crippen molar-refractivity contribution in [1.29, 1.82) is 0 Å².